The lowest BCUT2D eigenvalue weighted by molar-refractivity contribution is -0.119. The topological polar surface area (TPSA) is 52.3 Å². The van der Waals surface area contributed by atoms with Crippen LogP contribution in [0.1, 0.15) is 51.9 Å². The number of hydrogen-bond acceptors (Lipinski definition) is 3. The SMILES string of the molecule is CCC(N)CC(=O)CCCC1CCCO1. The fourth-order valence-electron chi connectivity index (χ4n) is 1.94. The molecular formula is C12H23NO2. The van der Waals surface area contributed by atoms with Crippen molar-refractivity contribution in [2.24, 2.45) is 5.73 Å². The van der Waals surface area contributed by atoms with Crippen LogP contribution in [0, 0.1) is 0 Å². The van der Waals surface area contributed by atoms with E-state index in [9.17, 15) is 4.79 Å². The molecule has 0 aromatic carbocycles. The van der Waals surface area contributed by atoms with Gasteiger partial charge in [0.05, 0.1) is 6.10 Å². The second-order valence-corrected chi connectivity index (χ2v) is 4.44. The van der Waals surface area contributed by atoms with Gasteiger partial charge in [0, 0.05) is 25.5 Å². The average Bonchev–Trinajstić information content (AvgIpc) is 2.70. The van der Waals surface area contributed by atoms with Gasteiger partial charge in [0.15, 0.2) is 0 Å². The molecule has 0 spiro atoms. The molecule has 1 aliphatic rings. The number of ether oxygens (including phenoxy) is 1. The Kier molecular flexibility index (Phi) is 5.88. The number of rotatable bonds is 7. The van der Waals surface area contributed by atoms with Gasteiger partial charge in [-0.25, -0.2) is 0 Å². The third kappa shape index (κ3) is 5.28. The summed E-state index contributed by atoms with van der Waals surface area (Å²) in [5, 5.41) is 0. The predicted molar refractivity (Wildman–Crippen MR) is 60.7 cm³/mol. The zero-order valence-electron chi connectivity index (χ0n) is 9.71. The molecule has 0 amide bonds. The van der Waals surface area contributed by atoms with Crippen molar-refractivity contribution in [3.8, 4) is 0 Å². The van der Waals surface area contributed by atoms with E-state index in [-0.39, 0.29) is 6.04 Å². The molecular weight excluding hydrogens is 190 g/mol. The van der Waals surface area contributed by atoms with Crippen LogP contribution in [0.4, 0.5) is 0 Å². The van der Waals surface area contributed by atoms with E-state index in [0.717, 1.165) is 25.9 Å². The normalized spacial score (nSPS) is 22.9. The Morgan fingerprint density at radius 3 is 3.00 bits per heavy atom. The van der Waals surface area contributed by atoms with Gasteiger partial charge in [-0.15, -0.1) is 0 Å². The summed E-state index contributed by atoms with van der Waals surface area (Å²) in [5.74, 6) is 0.308. The Morgan fingerprint density at radius 2 is 2.40 bits per heavy atom. The van der Waals surface area contributed by atoms with E-state index in [1.807, 2.05) is 6.92 Å². The van der Waals surface area contributed by atoms with Crippen LogP contribution >= 0.6 is 0 Å². The summed E-state index contributed by atoms with van der Waals surface area (Å²) in [6, 6.07) is 0.0558. The van der Waals surface area contributed by atoms with Gasteiger partial charge in [-0.1, -0.05) is 6.92 Å². The molecule has 0 aliphatic carbocycles. The molecule has 3 heteroatoms. The first kappa shape index (κ1) is 12.7. The first-order valence-electron chi connectivity index (χ1n) is 6.11. The Bertz CT molecular complexity index is 188. The van der Waals surface area contributed by atoms with E-state index in [1.54, 1.807) is 0 Å². The smallest absolute Gasteiger partial charge is 0.134 e. The number of hydrogen-bond donors (Lipinski definition) is 1. The molecule has 1 fully saturated rings. The van der Waals surface area contributed by atoms with Crippen LogP contribution in [0.15, 0.2) is 0 Å². The highest BCUT2D eigenvalue weighted by Crippen LogP contribution is 2.18. The molecule has 2 unspecified atom stereocenters. The van der Waals surface area contributed by atoms with Gasteiger partial charge in [0.2, 0.25) is 0 Å². The number of carbonyl (C=O) groups is 1. The maximum atomic E-state index is 11.5. The first-order chi connectivity index (χ1) is 7.22. The molecule has 15 heavy (non-hydrogen) atoms. The standard InChI is InChI=1S/C12H23NO2/c1-2-10(13)9-11(14)5-3-6-12-7-4-8-15-12/h10,12H,2-9,13H2,1H3. The number of ketones is 1. The maximum Gasteiger partial charge on any atom is 0.134 e. The highest BCUT2D eigenvalue weighted by Gasteiger charge is 2.15. The van der Waals surface area contributed by atoms with Crippen molar-refractivity contribution in [2.75, 3.05) is 6.61 Å². The van der Waals surface area contributed by atoms with Crippen LogP contribution in [-0.4, -0.2) is 24.5 Å². The van der Waals surface area contributed by atoms with Gasteiger partial charge < -0.3 is 10.5 Å². The van der Waals surface area contributed by atoms with E-state index < -0.39 is 0 Å². The van der Waals surface area contributed by atoms with Crippen molar-refractivity contribution in [1.82, 2.24) is 0 Å². The third-order valence-electron chi connectivity index (χ3n) is 3.02. The van der Waals surface area contributed by atoms with Crippen molar-refractivity contribution in [2.45, 2.75) is 64.0 Å². The Morgan fingerprint density at radius 1 is 1.60 bits per heavy atom. The zero-order valence-corrected chi connectivity index (χ0v) is 9.71. The minimum Gasteiger partial charge on any atom is -0.378 e. The summed E-state index contributed by atoms with van der Waals surface area (Å²) >= 11 is 0. The third-order valence-corrected chi connectivity index (χ3v) is 3.02. The van der Waals surface area contributed by atoms with Crippen LogP contribution < -0.4 is 5.73 Å². The lowest BCUT2D eigenvalue weighted by Gasteiger charge is -2.09. The molecule has 0 aromatic heterocycles. The van der Waals surface area contributed by atoms with Crippen LogP contribution in [0.2, 0.25) is 0 Å². The average molecular weight is 213 g/mol. The molecule has 0 bridgehead atoms. The van der Waals surface area contributed by atoms with E-state index >= 15 is 0 Å². The van der Waals surface area contributed by atoms with Crippen molar-refractivity contribution >= 4 is 5.78 Å². The lowest BCUT2D eigenvalue weighted by Crippen LogP contribution is -2.22. The van der Waals surface area contributed by atoms with Crippen molar-refractivity contribution in [1.29, 1.82) is 0 Å². The summed E-state index contributed by atoms with van der Waals surface area (Å²) in [6.45, 7) is 2.92. The van der Waals surface area contributed by atoms with E-state index in [1.165, 1.54) is 12.8 Å². The molecule has 0 radical (unpaired) electrons. The fraction of sp³-hybridized carbons (Fsp3) is 0.917. The fourth-order valence-corrected chi connectivity index (χ4v) is 1.94. The van der Waals surface area contributed by atoms with Gasteiger partial charge in [-0.3, -0.25) is 4.79 Å². The molecule has 1 rings (SSSR count). The molecule has 3 nitrogen and oxygen atoms in total. The summed E-state index contributed by atoms with van der Waals surface area (Å²) in [4.78, 5) is 11.5. The molecule has 2 N–H and O–H groups in total. The van der Waals surface area contributed by atoms with Gasteiger partial charge >= 0.3 is 0 Å². The minimum absolute atomic E-state index is 0.0558. The highest BCUT2D eigenvalue weighted by molar-refractivity contribution is 5.78. The van der Waals surface area contributed by atoms with Crippen molar-refractivity contribution in [3.05, 3.63) is 0 Å². The largest absolute Gasteiger partial charge is 0.378 e. The lowest BCUT2D eigenvalue weighted by atomic mass is 10.0. The highest BCUT2D eigenvalue weighted by atomic mass is 16.5. The van der Waals surface area contributed by atoms with Crippen molar-refractivity contribution in [3.63, 3.8) is 0 Å². The molecule has 1 saturated heterocycles. The quantitative estimate of drug-likeness (QED) is 0.704. The van der Waals surface area contributed by atoms with E-state index in [4.69, 9.17) is 10.5 Å². The number of Topliss-reactive ketones (excluding diaryl/α,β-unsaturated/α-hetero) is 1. The van der Waals surface area contributed by atoms with Gasteiger partial charge in [-0.2, -0.15) is 0 Å². The molecule has 0 aromatic rings. The second kappa shape index (κ2) is 6.96. The predicted octanol–water partition coefficient (Wildman–Crippen LogP) is 2.03. The summed E-state index contributed by atoms with van der Waals surface area (Å²) in [7, 11) is 0. The van der Waals surface area contributed by atoms with Crippen LogP contribution in [0.25, 0.3) is 0 Å². The second-order valence-electron chi connectivity index (χ2n) is 4.44. The van der Waals surface area contributed by atoms with Gasteiger partial charge in [0.25, 0.3) is 0 Å². The zero-order chi connectivity index (χ0) is 11.1. The van der Waals surface area contributed by atoms with Gasteiger partial charge in [0.1, 0.15) is 5.78 Å². The monoisotopic (exact) mass is 213 g/mol. The van der Waals surface area contributed by atoms with Crippen molar-refractivity contribution < 1.29 is 9.53 Å². The van der Waals surface area contributed by atoms with E-state index in [2.05, 4.69) is 0 Å². The Hall–Kier alpha value is -0.410. The Labute approximate surface area is 92.4 Å². The number of nitrogens with two attached hydrogens (primary N) is 1. The van der Waals surface area contributed by atoms with Crippen LogP contribution in [0.3, 0.4) is 0 Å². The Balaban J connectivity index is 2.01. The molecule has 0 saturated carbocycles. The molecule has 1 heterocycles. The van der Waals surface area contributed by atoms with Gasteiger partial charge in [-0.05, 0) is 32.1 Å². The van der Waals surface area contributed by atoms with E-state index in [0.29, 0.717) is 24.7 Å². The summed E-state index contributed by atoms with van der Waals surface area (Å²) < 4.78 is 5.50. The molecule has 88 valence electrons. The molecule has 2 atom stereocenters. The number of carbonyl (C=O) groups excluding carboxylic acids is 1. The van der Waals surface area contributed by atoms with Crippen LogP contribution in [0.5, 0.6) is 0 Å². The minimum atomic E-state index is 0.0558. The first-order valence-corrected chi connectivity index (χ1v) is 6.11. The van der Waals surface area contributed by atoms with Crippen LogP contribution in [-0.2, 0) is 9.53 Å². The summed E-state index contributed by atoms with van der Waals surface area (Å²) in [5.41, 5.74) is 5.72. The summed E-state index contributed by atoms with van der Waals surface area (Å²) in [6.07, 6.45) is 6.86. The molecule has 1 aliphatic heterocycles. The maximum absolute atomic E-state index is 11.5.